The molecule has 0 radical (unpaired) electrons. The molecule has 2 heterocycles. The van der Waals surface area contributed by atoms with Crippen molar-refractivity contribution < 1.29 is 19.1 Å². The molecule has 1 atom stereocenters. The number of hydrogen-bond acceptors (Lipinski definition) is 5. The highest BCUT2D eigenvalue weighted by molar-refractivity contribution is 5.96. The van der Waals surface area contributed by atoms with Gasteiger partial charge in [0.2, 0.25) is 5.91 Å². The Morgan fingerprint density at radius 1 is 1.03 bits per heavy atom. The molecule has 2 fully saturated rings. The number of nitrogens with zero attached hydrogens (tertiary/aromatic N) is 1. The summed E-state index contributed by atoms with van der Waals surface area (Å²) in [4.78, 5) is 26.7. The highest BCUT2D eigenvalue weighted by atomic mass is 16.5. The third-order valence-electron chi connectivity index (χ3n) is 5.59. The van der Waals surface area contributed by atoms with E-state index in [1.807, 2.05) is 41.3 Å². The van der Waals surface area contributed by atoms with Crippen LogP contribution in [0.5, 0.6) is 5.75 Å². The number of amides is 2. The lowest BCUT2D eigenvalue weighted by atomic mass is 10.2. The lowest BCUT2D eigenvalue weighted by Crippen LogP contribution is -2.27. The van der Waals surface area contributed by atoms with Gasteiger partial charge in [-0.1, -0.05) is 12.1 Å². The molecular formula is C24H29N3O4. The van der Waals surface area contributed by atoms with E-state index in [0.29, 0.717) is 23.6 Å². The second kappa shape index (κ2) is 10.3. The van der Waals surface area contributed by atoms with E-state index in [0.717, 1.165) is 51.1 Å². The Kier molecular flexibility index (Phi) is 7.04. The van der Waals surface area contributed by atoms with Crippen molar-refractivity contribution in [3.05, 3.63) is 54.1 Å². The Morgan fingerprint density at radius 2 is 1.81 bits per heavy atom. The SMILES string of the molecule is O=C(CNc1ccc(C(=O)N2CCCC2)cc1)Nc1ccccc1OCC1CCCO1. The van der Waals surface area contributed by atoms with Gasteiger partial charge >= 0.3 is 0 Å². The minimum Gasteiger partial charge on any atom is -0.489 e. The van der Waals surface area contributed by atoms with Crippen molar-refractivity contribution in [1.82, 2.24) is 4.90 Å². The van der Waals surface area contributed by atoms with E-state index in [-0.39, 0.29) is 24.5 Å². The zero-order valence-electron chi connectivity index (χ0n) is 17.6. The monoisotopic (exact) mass is 423 g/mol. The number of carbonyl (C=O) groups is 2. The van der Waals surface area contributed by atoms with Crippen LogP contribution in [0.4, 0.5) is 11.4 Å². The molecule has 2 aromatic rings. The number of rotatable bonds is 8. The molecule has 0 spiro atoms. The van der Waals surface area contributed by atoms with Crippen molar-refractivity contribution in [2.75, 3.05) is 43.5 Å². The average Bonchev–Trinajstić information content (AvgIpc) is 3.51. The summed E-state index contributed by atoms with van der Waals surface area (Å²) in [6, 6.07) is 14.7. The van der Waals surface area contributed by atoms with E-state index in [9.17, 15) is 9.59 Å². The minimum absolute atomic E-state index is 0.0707. The van der Waals surface area contributed by atoms with Crippen molar-refractivity contribution in [3.8, 4) is 5.75 Å². The van der Waals surface area contributed by atoms with Crippen LogP contribution in [0.3, 0.4) is 0 Å². The van der Waals surface area contributed by atoms with E-state index in [2.05, 4.69) is 10.6 Å². The summed E-state index contributed by atoms with van der Waals surface area (Å²) >= 11 is 0. The first-order chi connectivity index (χ1) is 15.2. The summed E-state index contributed by atoms with van der Waals surface area (Å²) in [7, 11) is 0. The van der Waals surface area contributed by atoms with Gasteiger partial charge in [0.25, 0.3) is 5.91 Å². The van der Waals surface area contributed by atoms with Crippen molar-refractivity contribution in [1.29, 1.82) is 0 Å². The summed E-state index contributed by atoms with van der Waals surface area (Å²) in [5.41, 5.74) is 2.10. The first kappa shape index (κ1) is 21.2. The molecule has 0 bridgehead atoms. The van der Waals surface area contributed by atoms with Crippen molar-refractivity contribution in [2.24, 2.45) is 0 Å². The van der Waals surface area contributed by atoms with Gasteiger partial charge in [-0.05, 0) is 62.1 Å². The van der Waals surface area contributed by atoms with E-state index in [1.54, 1.807) is 12.1 Å². The predicted molar refractivity (Wildman–Crippen MR) is 120 cm³/mol. The van der Waals surface area contributed by atoms with Crippen LogP contribution in [0.2, 0.25) is 0 Å². The molecule has 164 valence electrons. The van der Waals surface area contributed by atoms with Gasteiger partial charge in [-0.3, -0.25) is 9.59 Å². The number of anilines is 2. The lowest BCUT2D eigenvalue weighted by Gasteiger charge is -2.16. The fraction of sp³-hybridized carbons (Fsp3) is 0.417. The maximum atomic E-state index is 12.4. The highest BCUT2D eigenvalue weighted by Gasteiger charge is 2.19. The first-order valence-corrected chi connectivity index (χ1v) is 11.0. The van der Waals surface area contributed by atoms with E-state index in [4.69, 9.17) is 9.47 Å². The van der Waals surface area contributed by atoms with Crippen LogP contribution >= 0.6 is 0 Å². The zero-order valence-corrected chi connectivity index (χ0v) is 17.6. The normalized spacial score (nSPS) is 18.1. The van der Waals surface area contributed by atoms with Gasteiger partial charge in [-0.2, -0.15) is 0 Å². The molecule has 2 saturated heterocycles. The van der Waals surface area contributed by atoms with Crippen LogP contribution in [0.15, 0.2) is 48.5 Å². The molecule has 2 amide bonds. The van der Waals surface area contributed by atoms with Crippen LogP contribution in [-0.2, 0) is 9.53 Å². The van der Waals surface area contributed by atoms with Gasteiger partial charge in [-0.15, -0.1) is 0 Å². The topological polar surface area (TPSA) is 79.9 Å². The standard InChI is InChI=1S/C24H29N3O4/c28-23(26-21-7-1-2-8-22(21)31-17-20-6-5-15-30-20)16-25-19-11-9-18(10-12-19)24(29)27-13-3-4-14-27/h1-2,7-12,20,25H,3-6,13-17H2,(H,26,28). The quantitative estimate of drug-likeness (QED) is 0.679. The van der Waals surface area contributed by atoms with E-state index in [1.165, 1.54) is 0 Å². The Hall–Kier alpha value is -3.06. The minimum atomic E-state index is -0.176. The van der Waals surface area contributed by atoms with Crippen molar-refractivity contribution >= 4 is 23.2 Å². The number of carbonyl (C=O) groups excluding carboxylic acids is 2. The second-order valence-corrected chi connectivity index (χ2v) is 7.92. The Bertz CT molecular complexity index is 888. The molecule has 0 saturated carbocycles. The molecule has 1 unspecified atom stereocenters. The maximum Gasteiger partial charge on any atom is 0.253 e. The number of para-hydroxylation sites is 2. The number of benzene rings is 2. The molecule has 7 heteroatoms. The third-order valence-corrected chi connectivity index (χ3v) is 5.59. The van der Waals surface area contributed by atoms with Crippen LogP contribution in [-0.4, -0.2) is 55.7 Å². The lowest BCUT2D eigenvalue weighted by molar-refractivity contribution is -0.114. The molecule has 0 aromatic heterocycles. The summed E-state index contributed by atoms with van der Waals surface area (Å²) < 4.78 is 11.5. The average molecular weight is 424 g/mol. The first-order valence-electron chi connectivity index (χ1n) is 11.0. The molecule has 2 aromatic carbocycles. The van der Waals surface area contributed by atoms with Crippen LogP contribution < -0.4 is 15.4 Å². The summed E-state index contributed by atoms with van der Waals surface area (Å²) in [5, 5.41) is 5.99. The summed E-state index contributed by atoms with van der Waals surface area (Å²) in [6.45, 7) is 3.04. The van der Waals surface area contributed by atoms with Gasteiger partial charge < -0.3 is 25.0 Å². The maximum absolute atomic E-state index is 12.4. The van der Waals surface area contributed by atoms with Gasteiger partial charge in [0.1, 0.15) is 12.4 Å². The van der Waals surface area contributed by atoms with Crippen LogP contribution in [0.1, 0.15) is 36.0 Å². The molecule has 4 rings (SSSR count). The Balaban J connectivity index is 1.27. The van der Waals surface area contributed by atoms with E-state index >= 15 is 0 Å². The van der Waals surface area contributed by atoms with Gasteiger partial charge in [0.05, 0.1) is 18.3 Å². The smallest absolute Gasteiger partial charge is 0.253 e. The predicted octanol–water partition coefficient (Wildman–Crippen LogP) is 3.53. The van der Waals surface area contributed by atoms with Crippen molar-refractivity contribution in [3.63, 3.8) is 0 Å². The third kappa shape index (κ3) is 5.76. The van der Waals surface area contributed by atoms with Gasteiger partial charge in [-0.25, -0.2) is 0 Å². The van der Waals surface area contributed by atoms with Crippen LogP contribution in [0.25, 0.3) is 0 Å². The molecule has 0 aliphatic carbocycles. The summed E-state index contributed by atoms with van der Waals surface area (Å²) in [5.74, 6) is 0.530. The second-order valence-electron chi connectivity index (χ2n) is 7.92. The Labute approximate surface area is 182 Å². The molecule has 2 N–H and O–H groups in total. The largest absolute Gasteiger partial charge is 0.489 e. The fourth-order valence-electron chi connectivity index (χ4n) is 3.86. The number of ether oxygens (including phenoxy) is 2. The van der Waals surface area contributed by atoms with Gasteiger partial charge in [0, 0.05) is 30.9 Å². The molecule has 31 heavy (non-hydrogen) atoms. The summed E-state index contributed by atoms with van der Waals surface area (Å²) in [6.07, 6.45) is 4.32. The Morgan fingerprint density at radius 3 is 2.55 bits per heavy atom. The highest BCUT2D eigenvalue weighted by Crippen LogP contribution is 2.25. The number of hydrogen-bond donors (Lipinski definition) is 2. The molecule has 2 aliphatic heterocycles. The fourth-order valence-corrected chi connectivity index (χ4v) is 3.86. The van der Waals surface area contributed by atoms with E-state index < -0.39 is 0 Å². The zero-order chi connectivity index (χ0) is 21.5. The molecule has 2 aliphatic rings. The molecular weight excluding hydrogens is 394 g/mol. The number of likely N-dealkylation sites (tertiary alicyclic amines) is 1. The van der Waals surface area contributed by atoms with Gasteiger partial charge in [0.15, 0.2) is 0 Å². The van der Waals surface area contributed by atoms with Crippen LogP contribution in [0, 0.1) is 0 Å². The number of nitrogens with one attached hydrogen (secondary N) is 2. The molecule has 7 nitrogen and oxygen atoms in total. The van der Waals surface area contributed by atoms with Crippen molar-refractivity contribution in [2.45, 2.75) is 31.8 Å².